The van der Waals surface area contributed by atoms with Crippen molar-refractivity contribution in [3.63, 3.8) is 0 Å². The van der Waals surface area contributed by atoms with E-state index >= 15 is 0 Å². The minimum absolute atomic E-state index is 0.0235. The molecule has 0 radical (unpaired) electrons. The number of rotatable bonds is 8. The third-order valence-corrected chi connectivity index (χ3v) is 23.8. The van der Waals surface area contributed by atoms with Crippen molar-refractivity contribution in [2.24, 2.45) is 11.3 Å². The summed E-state index contributed by atoms with van der Waals surface area (Å²) in [4.78, 5) is 13.5. The molecule has 1 aliphatic carbocycles. The zero-order chi connectivity index (χ0) is 24.2. The quantitative estimate of drug-likeness (QED) is 0.398. The van der Waals surface area contributed by atoms with Gasteiger partial charge in [0.1, 0.15) is 5.78 Å². The summed E-state index contributed by atoms with van der Waals surface area (Å²) in [7, 11) is -4.34. The molecule has 0 aromatic carbocycles. The van der Waals surface area contributed by atoms with Gasteiger partial charge in [-0.15, -0.1) is 0 Å². The van der Waals surface area contributed by atoms with Crippen molar-refractivity contribution in [2.75, 3.05) is 0 Å². The lowest BCUT2D eigenvalue weighted by Gasteiger charge is -2.67. The first kappa shape index (κ1) is 28.1. The van der Waals surface area contributed by atoms with Gasteiger partial charge in [-0.2, -0.15) is 0 Å². The summed E-state index contributed by atoms with van der Waals surface area (Å²) in [5.74, 6) is 0.281. The van der Waals surface area contributed by atoms with Crippen LogP contribution >= 0.6 is 0 Å². The fourth-order valence-electron chi connectivity index (χ4n) is 6.14. The van der Waals surface area contributed by atoms with Crippen molar-refractivity contribution in [1.82, 2.24) is 0 Å². The second-order valence-electron chi connectivity index (χ2n) is 13.2. The van der Waals surface area contributed by atoms with Crippen LogP contribution in [0.4, 0.5) is 0 Å². The van der Waals surface area contributed by atoms with E-state index in [2.05, 4.69) is 81.6 Å². The molecule has 5 heteroatoms. The summed E-state index contributed by atoms with van der Waals surface area (Å²) >= 11 is 0. The molecule has 2 atom stereocenters. The van der Waals surface area contributed by atoms with Gasteiger partial charge >= 0.3 is 0 Å². The molecule has 0 aliphatic heterocycles. The molecule has 3 nitrogen and oxygen atoms in total. The van der Waals surface area contributed by atoms with E-state index in [4.69, 9.17) is 0 Å². The van der Waals surface area contributed by atoms with Gasteiger partial charge in [0.15, 0.2) is 0 Å². The summed E-state index contributed by atoms with van der Waals surface area (Å²) in [6.07, 6.45) is 3.04. The minimum Gasteiger partial charge on any atom is -0.393 e. The van der Waals surface area contributed by atoms with Gasteiger partial charge in [-0.1, -0.05) is 88.5 Å². The lowest BCUT2D eigenvalue weighted by atomic mass is 9.54. The Hall–Kier alpha value is 0.0238. The first-order chi connectivity index (χ1) is 13.2. The van der Waals surface area contributed by atoms with Crippen LogP contribution in [0.15, 0.2) is 0 Å². The van der Waals surface area contributed by atoms with Crippen LogP contribution in [0.25, 0.3) is 0 Å². The first-order valence-corrected chi connectivity index (χ1v) is 18.1. The number of ketones is 1. The molecule has 1 rings (SSSR count). The number of hydrogen-bond acceptors (Lipinski definition) is 3. The van der Waals surface area contributed by atoms with Gasteiger partial charge in [0.25, 0.3) is 0 Å². The molecule has 2 N–H and O–H groups in total. The van der Waals surface area contributed by atoms with E-state index in [0.717, 1.165) is 6.42 Å². The standard InChI is InChI=1S/C25H52O3Si2/c1-14-20(26)23(25(28,16-3)30(12,13)22(7,8)9)17-19(18-23)24(27,15-2)29(10,11)21(4,5)6/h19,27-28H,14-18H2,1-13H3/t19?,23?,24-,25-/m0/s1. The molecule has 1 aliphatic rings. The number of Topliss-reactive ketones (excluding diaryl/α,β-unsaturated/α-hetero) is 1. The maximum absolute atomic E-state index is 13.5. The molecule has 30 heavy (non-hydrogen) atoms. The number of carbonyl (C=O) groups is 1. The summed E-state index contributed by atoms with van der Waals surface area (Å²) in [6, 6.07) is 0. The number of hydrogen-bond donors (Lipinski definition) is 2. The topological polar surface area (TPSA) is 57.5 Å². The van der Waals surface area contributed by atoms with E-state index in [1.54, 1.807) is 0 Å². The Morgan fingerprint density at radius 2 is 1.23 bits per heavy atom. The monoisotopic (exact) mass is 456 g/mol. The molecule has 0 aromatic heterocycles. The lowest BCUT2D eigenvalue weighted by Crippen LogP contribution is -2.76. The molecule has 0 heterocycles. The zero-order valence-electron chi connectivity index (χ0n) is 22.4. The average molecular weight is 457 g/mol. The Morgan fingerprint density at radius 3 is 1.50 bits per heavy atom. The smallest absolute Gasteiger partial charge is 0.141 e. The van der Waals surface area contributed by atoms with E-state index in [9.17, 15) is 15.0 Å². The lowest BCUT2D eigenvalue weighted by molar-refractivity contribution is -0.172. The molecule has 0 saturated heterocycles. The van der Waals surface area contributed by atoms with Gasteiger partial charge < -0.3 is 10.2 Å². The average Bonchev–Trinajstić information content (AvgIpc) is 2.57. The summed E-state index contributed by atoms with van der Waals surface area (Å²) in [6.45, 7) is 28.6. The Kier molecular flexibility index (Phi) is 7.58. The van der Waals surface area contributed by atoms with E-state index in [1.165, 1.54) is 0 Å². The largest absolute Gasteiger partial charge is 0.393 e. The highest BCUT2D eigenvalue weighted by Gasteiger charge is 2.71. The van der Waals surface area contributed by atoms with Gasteiger partial charge in [0.2, 0.25) is 0 Å². The van der Waals surface area contributed by atoms with Crippen molar-refractivity contribution in [3.8, 4) is 0 Å². The Bertz CT molecular complexity index is 636. The van der Waals surface area contributed by atoms with Crippen LogP contribution in [0.1, 0.15) is 94.4 Å². The number of carbonyl (C=O) groups excluding carboxylic acids is 1. The SMILES string of the molecule is CCC(=O)C1([C@](O)(CC)[Si](C)(C)C(C)(C)C)CC([C@](O)(CC)[Si](C)(C)C(C)(C)C)C1. The maximum Gasteiger partial charge on any atom is 0.141 e. The van der Waals surface area contributed by atoms with Crippen LogP contribution in [-0.2, 0) is 4.79 Å². The highest BCUT2D eigenvalue weighted by molar-refractivity contribution is 6.83. The second kappa shape index (κ2) is 8.11. The molecular weight excluding hydrogens is 404 g/mol. The van der Waals surface area contributed by atoms with Crippen LogP contribution in [0.2, 0.25) is 36.3 Å². The van der Waals surface area contributed by atoms with Crippen LogP contribution in [0.5, 0.6) is 0 Å². The normalized spacial score (nSPS) is 27.8. The van der Waals surface area contributed by atoms with Crippen molar-refractivity contribution >= 4 is 21.9 Å². The van der Waals surface area contributed by atoms with Gasteiger partial charge in [-0.3, -0.25) is 4.79 Å². The van der Waals surface area contributed by atoms with Gasteiger partial charge in [-0.05, 0) is 41.7 Å². The van der Waals surface area contributed by atoms with Gasteiger partial charge in [-0.25, -0.2) is 0 Å². The van der Waals surface area contributed by atoms with Crippen molar-refractivity contribution in [3.05, 3.63) is 0 Å². The Morgan fingerprint density at radius 1 is 0.833 bits per heavy atom. The van der Waals surface area contributed by atoms with E-state index in [1.807, 2.05) is 6.92 Å². The summed E-state index contributed by atoms with van der Waals surface area (Å²) < 4.78 is 0. The number of aliphatic hydroxyl groups is 2. The zero-order valence-corrected chi connectivity index (χ0v) is 24.4. The fraction of sp³-hybridized carbons (Fsp3) is 0.960. The van der Waals surface area contributed by atoms with E-state index in [0.29, 0.717) is 25.7 Å². The highest BCUT2D eigenvalue weighted by Crippen LogP contribution is 2.65. The molecule has 0 unspecified atom stereocenters. The summed E-state index contributed by atoms with van der Waals surface area (Å²) in [5.41, 5.74) is -0.713. The maximum atomic E-state index is 13.5. The summed E-state index contributed by atoms with van der Waals surface area (Å²) in [5, 5.41) is 22.8. The molecule has 0 bridgehead atoms. The second-order valence-corrected chi connectivity index (χ2v) is 24.4. The Labute approximate surface area is 189 Å². The fourth-order valence-corrected chi connectivity index (χ4v) is 13.2. The predicted molar refractivity (Wildman–Crippen MR) is 135 cm³/mol. The molecular formula is C25H52O3Si2. The van der Waals surface area contributed by atoms with Gasteiger partial charge in [0, 0.05) is 6.42 Å². The van der Waals surface area contributed by atoms with E-state index in [-0.39, 0.29) is 21.8 Å². The van der Waals surface area contributed by atoms with E-state index < -0.39 is 32.0 Å². The Balaban J connectivity index is 3.56. The van der Waals surface area contributed by atoms with Crippen LogP contribution in [-0.4, -0.2) is 42.6 Å². The van der Waals surface area contributed by atoms with Gasteiger partial charge in [0.05, 0.1) is 32.0 Å². The van der Waals surface area contributed by atoms with Crippen molar-refractivity contribution in [1.29, 1.82) is 0 Å². The van der Waals surface area contributed by atoms with Crippen LogP contribution in [0.3, 0.4) is 0 Å². The third-order valence-electron chi connectivity index (χ3n) is 10.4. The van der Waals surface area contributed by atoms with Crippen LogP contribution < -0.4 is 0 Å². The van der Waals surface area contributed by atoms with Crippen molar-refractivity contribution < 1.29 is 15.0 Å². The molecule has 0 spiro atoms. The van der Waals surface area contributed by atoms with Crippen LogP contribution in [0, 0.1) is 11.3 Å². The predicted octanol–water partition coefficient (Wildman–Crippen LogP) is 6.74. The highest BCUT2D eigenvalue weighted by atomic mass is 28.3. The molecule has 0 aromatic rings. The first-order valence-electron chi connectivity index (χ1n) is 12.1. The molecule has 0 amide bonds. The minimum atomic E-state index is -2.26. The third kappa shape index (κ3) is 3.64. The molecule has 178 valence electrons. The molecule has 1 saturated carbocycles. The molecule has 1 fully saturated rings. The van der Waals surface area contributed by atoms with Crippen molar-refractivity contribution in [2.45, 2.75) is 141 Å².